The summed E-state index contributed by atoms with van der Waals surface area (Å²) in [5.74, 6) is -1.96. The van der Waals surface area contributed by atoms with Crippen molar-refractivity contribution >= 4 is 49.6 Å². The molecule has 3 rings (SSSR count). The van der Waals surface area contributed by atoms with Crippen LogP contribution in [0, 0.1) is 0 Å². The minimum atomic E-state index is -5.84. The summed E-state index contributed by atoms with van der Waals surface area (Å²) in [5, 5.41) is -4.60. The second-order valence-corrected chi connectivity index (χ2v) is 12.5. The van der Waals surface area contributed by atoms with Crippen molar-refractivity contribution in [3.63, 3.8) is 0 Å². The molecular weight excluding hydrogens is 541 g/mol. The fraction of sp³-hybridized carbons (Fsp3) is 0.208. The minimum absolute atomic E-state index is 0.209. The van der Waals surface area contributed by atoms with Gasteiger partial charge in [-0.1, -0.05) is 48.0 Å². The van der Waals surface area contributed by atoms with Gasteiger partial charge in [0, 0.05) is 25.6 Å². The van der Waals surface area contributed by atoms with E-state index in [2.05, 4.69) is 4.74 Å². The van der Waals surface area contributed by atoms with Gasteiger partial charge in [0.05, 0.1) is 6.61 Å². The van der Waals surface area contributed by atoms with Crippen LogP contribution in [0.5, 0.6) is 0 Å². The molecule has 3 aromatic rings. The lowest BCUT2D eigenvalue weighted by atomic mass is 10.4. The van der Waals surface area contributed by atoms with E-state index < -0.39 is 38.3 Å². The van der Waals surface area contributed by atoms with Crippen LogP contribution in [0.2, 0.25) is 5.02 Å². The van der Waals surface area contributed by atoms with Crippen molar-refractivity contribution in [1.82, 2.24) is 0 Å². The Bertz CT molecular complexity index is 1190. The first-order chi connectivity index (χ1) is 16.6. The Morgan fingerprint density at radius 1 is 0.800 bits per heavy atom. The molecule has 0 saturated carbocycles. The SMILES string of the molecule is O=C(OCCCCCl)C(F)(F)S(=O)(=O)OS(c1ccccc1)(c1ccccc1)c1ccc(Cl)cc1. The second kappa shape index (κ2) is 11.7. The van der Waals surface area contributed by atoms with Crippen LogP contribution in [0.1, 0.15) is 12.8 Å². The molecule has 0 amide bonds. The molecule has 0 bridgehead atoms. The summed E-state index contributed by atoms with van der Waals surface area (Å²) in [6, 6.07) is 22.3. The number of ether oxygens (including phenoxy) is 1. The summed E-state index contributed by atoms with van der Waals surface area (Å²) in [6.07, 6.45) is 0.621. The molecule has 188 valence electrons. The average molecular weight is 563 g/mol. The number of carbonyl (C=O) groups excluding carboxylic acids is 1. The quantitative estimate of drug-likeness (QED) is 0.142. The number of esters is 1. The number of unbranched alkanes of at least 4 members (excludes halogenated alkanes) is 1. The molecule has 0 spiro atoms. The Morgan fingerprint density at radius 3 is 1.77 bits per heavy atom. The normalized spacial score (nSPS) is 12.8. The van der Waals surface area contributed by atoms with Gasteiger partial charge in [-0.15, -0.1) is 11.6 Å². The van der Waals surface area contributed by atoms with E-state index >= 15 is 8.78 Å². The number of alkyl halides is 3. The van der Waals surface area contributed by atoms with Gasteiger partial charge in [-0.2, -0.15) is 17.2 Å². The zero-order valence-electron chi connectivity index (χ0n) is 18.3. The number of halogens is 4. The van der Waals surface area contributed by atoms with Gasteiger partial charge in [0.25, 0.3) is 0 Å². The molecule has 0 atom stereocenters. The second-order valence-electron chi connectivity index (χ2n) is 7.21. The highest BCUT2D eigenvalue weighted by Gasteiger charge is 2.58. The predicted molar refractivity (Wildman–Crippen MR) is 133 cm³/mol. The van der Waals surface area contributed by atoms with Crippen LogP contribution >= 0.6 is 33.5 Å². The fourth-order valence-corrected chi connectivity index (χ4v) is 8.46. The highest BCUT2D eigenvalue weighted by atomic mass is 35.5. The van der Waals surface area contributed by atoms with E-state index in [4.69, 9.17) is 26.8 Å². The Labute approximate surface area is 214 Å². The first kappa shape index (κ1) is 27.4. The third kappa shape index (κ3) is 5.98. The first-order valence-electron chi connectivity index (χ1n) is 10.4. The summed E-state index contributed by atoms with van der Waals surface area (Å²) >= 11 is 11.6. The van der Waals surface area contributed by atoms with Gasteiger partial charge < -0.3 is 4.74 Å². The van der Waals surface area contributed by atoms with Crippen molar-refractivity contribution in [3.05, 3.63) is 90.0 Å². The highest BCUT2D eigenvalue weighted by Crippen LogP contribution is 2.70. The lowest BCUT2D eigenvalue weighted by Gasteiger charge is -2.39. The third-order valence-corrected chi connectivity index (χ3v) is 10.5. The molecule has 0 radical (unpaired) electrons. The van der Waals surface area contributed by atoms with E-state index in [1.165, 1.54) is 24.3 Å². The molecule has 35 heavy (non-hydrogen) atoms. The number of carbonyl (C=O) groups is 1. The lowest BCUT2D eigenvalue weighted by molar-refractivity contribution is -0.161. The zero-order chi connectivity index (χ0) is 25.5. The Kier molecular flexibility index (Phi) is 9.17. The van der Waals surface area contributed by atoms with E-state index in [1.54, 1.807) is 60.7 Å². The van der Waals surface area contributed by atoms with Gasteiger partial charge in [-0.05, 0) is 71.7 Å². The number of benzene rings is 3. The maximum absolute atomic E-state index is 15.0. The molecular formula is C24H22Cl2F2O5S2. The smallest absolute Gasteiger partial charge is 0.460 e. The lowest BCUT2D eigenvalue weighted by Crippen LogP contribution is -2.41. The van der Waals surface area contributed by atoms with Crippen LogP contribution < -0.4 is 0 Å². The minimum Gasteiger partial charge on any atom is -0.460 e. The zero-order valence-corrected chi connectivity index (χ0v) is 21.4. The Morgan fingerprint density at radius 2 is 1.29 bits per heavy atom. The van der Waals surface area contributed by atoms with Gasteiger partial charge in [-0.25, -0.2) is 8.42 Å². The van der Waals surface area contributed by atoms with Gasteiger partial charge in [0.15, 0.2) is 0 Å². The monoisotopic (exact) mass is 562 g/mol. The fourth-order valence-electron chi connectivity index (χ4n) is 3.10. The van der Waals surface area contributed by atoms with Crippen molar-refractivity contribution in [2.75, 3.05) is 12.5 Å². The summed E-state index contributed by atoms with van der Waals surface area (Å²) in [5.41, 5.74) is 0. The largest absolute Gasteiger partial charge is 0.466 e. The van der Waals surface area contributed by atoms with Crippen LogP contribution in [-0.2, 0) is 23.3 Å². The summed E-state index contributed by atoms with van der Waals surface area (Å²) in [7, 11) is -9.15. The van der Waals surface area contributed by atoms with Crippen molar-refractivity contribution in [3.8, 4) is 0 Å². The molecule has 0 unspecified atom stereocenters. The topological polar surface area (TPSA) is 69.7 Å². The van der Waals surface area contributed by atoms with Crippen LogP contribution in [0.15, 0.2) is 99.6 Å². The highest BCUT2D eigenvalue weighted by molar-refractivity contribution is 8.33. The molecule has 0 fully saturated rings. The van der Waals surface area contributed by atoms with Gasteiger partial charge in [-0.3, -0.25) is 0 Å². The van der Waals surface area contributed by atoms with Crippen molar-refractivity contribution in [2.24, 2.45) is 0 Å². The van der Waals surface area contributed by atoms with Gasteiger partial charge >= 0.3 is 21.3 Å². The van der Waals surface area contributed by atoms with Crippen LogP contribution in [0.4, 0.5) is 8.78 Å². The molecule has 5 nitrogen and oxygen atoms in total. The molecule has 0 heterocycles. The molecule has 0 aliphatic heterocycles. The molecule has 3 aromatic carbocycles. The summed E-state index contributed by atoms with van der Waals surface area (Å²) < 4.78 is 66.2. The maximum atomic E-state index is 15.0. The van der Waals surface area contributed by atoms with Crippen molar-refractivity contribution < 1.29 is 30.4 Å². The number of hydrogen-bond donors (Lipinski definition) is 0. The van der Waals surface area contributed by atoms with Gasteiger partial charge in [0.2, 0.25) is 0 Å². The Balaban J connectivity index is 2.16. The van der Waals surface area contributed by atoms with Crippen LogP contribution in [-0.4, -0.2) is 32.1 Å². The Hall–Kier alpha value is -2.17. The maximum Gasteiger partial charge on any atom is 0.466 e. The van der Waals surface area contributed by atoms with Crippen LogP contribution in [0.3, 0.4) is 0 Å². The van der Waals surface area contributed by atoms with E-state index in [9.17, 15) is 13.2 Å². The molecule has 0 saturated heterocycles. The summed E-state index contributed by atoms with van der Waals surface area (Å²) in [4.78, 5) is 13.1. The van der Waals surface area contributed by atoms with Crippen LogP contribution in [0.25, 0.3) is 0 Å². The molecule has 0 aliphatic rings. The number of hydrogen-bond acceptors (Lipinski definition) is 5. The first-order valence-corrected chi connectivity index (χ1v) is 14.3. The van der Waals surface area contributed by atoms with E-state index in [0.717, 1.165) is 0 Å². The van der Waals surface area contributed by atoms with E-state index in [0.29, 0.717) is 21.2 Å². The van der Waals surface area contributed by atoms with E-state index in [1.807, 2.05) is 0 Å². The average Bonchev–Trinajstić information content (AvgIpc) is 2.86. The molecule has 0 aliphatic carbocycles. The molecule has 0 N–H and O–H groups in total. The van der Waals surface area contributed by atoms with Gasteiger partial charge in [0.1, 0.15) is 0 Å². The summed E-state index contributed by atoms with van der Waals surface area (Å²) in [6.45, 7) is -0.400. The standard InChI is InChI=1S/C24H22Cl2F2O5S2/c25-17-7-8-18-32-23(29)24(27,28)35(30,31)33-34(20-9-3-1-4-10-20,21-11-5-2-6-12-21)22-15-13-19(26)14-16-22/h1-6,9-16H,7-8,17-18H2. The van der Waals surface area contributed by atoms with Crippen molar-refractivity contribution in [2.45, 2.75) is 32.8 Å². The molecule has 0 aromatic heterocycles. The van der Waals surface area contributed by atoms with Crippen molar-refractivity contribution in [1.29, 1.82) is 0 Å². The predicted octanol–water partition coefficient (Wildman–Crippen LogP) is 7.04. The molecule has 11 heteroatoms. The van der Waals surface area contributed by atoms with E-state index in [-0.39, 0.29) is 17.2 Å². The third-order valence-electron chi connectivity index (χ3n) is 4.80. The number of rotatable bonds is 11.